The predicted molar refractivity (Wildman–Crippen MR) is 81.5 cm³/mol. The van der Waals surface area contributed by atoms with E-state index in [1.807, 2.05) is 24.3 Å². The first-order valence-electron chi connectivity index (χ1n) is 6.49. The van der Waals surface area contributed by atoms with Crippen molar-refractivity contribution in [3.63, 3.8) is 0 Å². The largest absolute Gasteiger partial charge is 0.507 e. The summed E-state index contributed by atoms with van der Waals surface area (Å²) < 4.78 is 15.5. The minimum absolute atomic E-state index is 0.189. The Morgan fingerprint density at radius 2 is 1.57 bits per heavy atom. The second kappa shape index (κ2) is 6.74. The molecule has 0 bridgehead atoms. The molecule has 0 saturated heterocycles. The van der Waals surface area contributed by atoms with Gasteiger partial charge < -0.3 is 24.6 Å². The fourth-order valence-electron chi connectivity index (χ4n) is 1.96. The minimum atomic E-state index is 0.189. The fourth-order valence-corrected chi connectivity index (χ4v) is 1.96. The van der Waals surface area contributed by atoms with Gasteiger partial charge in [-0.15, -0.1) is 0 Å². The lowest BCUT2D eigenvalue weighted by Gasteiger charge is -2.13. The van der Waals surface area contributed by atoms with Gasteiger partial charge in [-0.05, 0) is 24.3 Å². The number of ether oxygens (including phenoxy) is 3. The van der Waals surface area contributed by atoms with Crippen molar-refractivity contribution in [1.82, 2.24) is 0 Å². The van der Waals surface area contributed by atoms with Crippen LogP contribution in [0.15, 0.2) is 36.4 Å². The number of rotatable bonds is 6. The zero-order chi connectivity index (χ0) is 15.2. The molecule has 5 heteroatoms. The Morgan fingerprint density at radius 1 is 0.905 bits per heavy atom. The third kappa shape index (κ3) is 3.51. The number of hydrogen-bond acceptors (Lipinski definition) is 5. The van der Waals surface area contributed by atoms with Crippen molar-refractivity contribution in [1.29, 1.82) is 0 Å². The van der Waals surface area contributed by atoms with Gasteiger partial charge >= 0.3 is 0 Å². The van der Waals surface area contributed by atoms with Gasteiger partial charge in [0.2, 0.25) is 0 Å². The summed E-state index contributed by atoms with van der Waals surface area (Å²) in [7, 11) is 4.77. The van der Waals surface area contributed by atoms with E-state index in [0.717, 1.165) is 17.0 Å². The summed E-state index contributed by atoms with van der Waals surface area (Å²) in [5.41, 5.74) is 1.60. The highest BCUT2D eigenvalue weighted by molar-refractivity contribution is 5.59. The van der Waals surface area contributed by atoms with Crippen LogP contribution in [0.4, 0.5) is 5.69 Å². The maximum absolute atomic E-state index is 9.94. The number of nitrogens with one attached hydrogen (secondary N) is 1. The van der Waals surface area contributed by atoms with Gasteiger partial charge in [0.05, 0.1) is 27.0 Å². The van der Waals surface area contributed by atoms with E-state index in [-0.39, 0.29) is 5.75 Å². The first-order valence-corrected chi connectivity index (χ1v) is 6.49. The quantitative estimate of drug-likeness (QED) is 0.856. The van der Waals surface area contributed by atoms with Crippen LogP contribution in [0.5, 0.6) is 23.0 Å². The molecule has 0 atom stereocenters. The molecule has 0 radical (unpaired) electrons. The highest BCUT2D eigenvalue weighted by atomic mass is 16.5. The van der Waals surface area contributed by atoms with Crippen molar-refractivity contribution in [2.75, 3.05) is 26.6 Å². The number of phenolic OH excluding ortho intramolecular Hbond substituents is 1. The summed E-state index contributed by atoms with van der Waals surface area (Å²) in [4.78, 5) is 0. The second-order valence-corrected chi connectivity index (χ2v) is 4.41. The third-order valence-corrected chi connectivity index (χ3v) is 3.17. The van der Waals surface area contributed by atoms with Crippen LogP contribution in [0.3, 0.4) is 0 Å². The molecule has 0 aromatic heterocycles. The molecule has 0 spiro atoms. The van der Waals surface area contributed by atoms with Crippen LogP contribution < -0.4 is 19.5 Å². The smallest absolute Gasteiger partial charge is 0.145 e. The number of methoxy groups -OCH3 is 3. The van der Waals surface area contributed by atoms with Gasteiger partial charge in [0.1, 0.15) is 23.0 Å². The first-order chi connectivity index (χ1) is 10.2. The van der Waals surface area contributed by atoms with Gasteiger partial charge in [0.15, 0.2) is 0 Å². The summed E-state index contributed by atoms with van der Waals surface area (Å²) in [6.07, 6.45) is 0. The molecule has 0 heterocycles. The normalized spacial score (nSPS) is 10.0. The third-order valence-electron chi connectivity index (χ3n) is 3.17. The van der Waals surface area contributed by atoms with Crippen LogP contribution in [0, 0.1) is 0 Å². The van der Waals surface area contributed by atoms with Gasteiger partial charge in [0, 0.05) is 24.2 Å². The van der Waals surface area contributed by atoms with Crippen LogP contribution in [-0.2, 0) is 6.54 Å². The Morgan fingerprint density at radius 3 is 2.19 bits per heavy atom. The molecule has 112 valence electrons. The predicted octanol–water partition coefficient (Wildman–Crippen LogP) is 3.03. The standard InChI is InChI=1S/C16H19NO4/c1-19-12-5-4-11(15(18)8-12)10-17-14-7-6-13(20-2)9-16(14)21-3/h4-9,17-18H,10H2,1-3H3. The van der Waals surface area contributed by atoms with Crippen LogP contribution in [0.1, 0.15) is 5.56 Å². The monoisotopic (exact) mass is 289 g/mol. The van der Waals surface area contributed by atoms with E-state index < -0.39 is 0 Å². The molecular formula is C16H19NO4. The highest BCUT2D eigenvalue weighted by Gasteiger charge is 2.07. The maximum Gasteiger partial charge on any atom is 0.145 e. The second-order valence-electron chi connectivity index (χ2n) is 4.41. The Bertz CT molecular complexity index is 613. The number of anilines is 1. The molecule has 2 aromatic carbocycles. The topological polar surface area (TPSA) is 60.0 Å². The van der Waals surface area contributed by atoms with Crippen molar-refractivity contribution in [2.24, 2.45) is 0 Å². The number of hydrogen-bond donors (Lipinski definition) is 2. The SMILES string of the molecule is COc1ccc(CNc2ccc(OC)cc2OC)c(O)c1. The molecule has 0 aliphatic heterocycles. The van der Waals surface area contributed by atoms with Crippen molar-refractivity contribution >= 4 is 5.69 Å². The molecule has 0 saturated carbocycles. The summed E-state index contributed by atoms with van der Waals surface area (Å²) in [5.74, 6) is 2.22. The van der Waals surface area contributed by atoms with Crippen LogP contribution >= 0.6 is 0 Å². The number of aromatic hydroxyl groups is 1. The molecular weight excluding hydrogens is 270 g/mol. The van der Waals surface area contributed by atoms with Crippen LogP contribution in [-0.4, -0.2) is 26.4 Å². The molecule has 21 heavy (non-hydrogen) atoms. The summed E-state index contributed by atoms with van der Waals surface area (Å²) in [5, 5.41) is 13.2. The Labute approximate surface area is 124 Å². The lowest BCUT2D eigenvalue weighted by atomic mass is 10.2. The Hall–Kier alpha value is -2.56. The molecule has 0 fully saturated rings. The van der Waals surface area contributed by atoms with Crippen molar-refractivity contribution in [2.45, 2.75) is 6.54 Å². The van der Waals surface area contributed by atoms with E-state index in [2.05, 4.69) is 5.32 Å². The average Bonchev–Trinajstić information content (AvgIpc) is 2.53. The molecule has 0 aliphatic rings. The van der Waals surface area contributed by atoms with Gasteiger partial charge in [-0.25, -0.2) is 0 Å². The average molecular weight is 289 g/mol. The van der Waals surface area contributed by atoms with Crippen LogP contribution in [0.25, 0.3) is 0 Å². The van der Waals surface area contributed by atoms with E-state index in [4.69, 9.17) is 14.2 Å². The molecule has 0 unspecified atom stereocenters. The summed E-state index contributed by atoms with van der Waals surface area (Å²) in [6.45, 7) is 0.471. The van der Waals surface area contributed by atoms with E-state index in [9.17, 15) is 5.11 Å². The fraction of sp³-hybridized carbons (Fsp3) is 0.250. The molecule has 2 N–H and O–H groups in total. The summed E-state index contributed by atoms with van der Waals surface area (Å²) in [6, 6.07) is 10.7. The molecule has 0 aliphatic carbocycles. The Kier molecular flexibility index (Phi) is 4.77. The lowest BCUT2D eigenvalue weighted by Crippen LogP contribution is -2.02. The van der Waals surface area contributed by atoms with E-state index in [1.165, 1.54) is 0 Å². The molecule has 2 aromatic rings. The lowest BCUT2D eigenvalue weighted by molar-refractivity contribution is 0.395. The summed E-state index contributed by atoms with van der Waals surface area (Å²) >= 11 is 0. The van der Waals surface area contributed by atoms with E-state index in [1.54, 1.807) is 33.5 Å². The van der Waals surface area contributed by atoms with Gasteiger partial charge in [-0.1, -0.05) is 0 Å². The highest BCUT2D eigenvalue weighted by Crippen LogP contribution is 2.30. The zero-order valence-corrected chi connectivity index (χ0v) is 12.3. The molecule has 5 nitrogen and oxygen atoms in total. The zero-order valence-electron chi connectivity index (χ0n) is 12.3. The minimum Gasteiger partial charge on any atom is -0.507 e. The number of phenols is 1. The molecule has 0 amide bonds. The Balaban J connectivity index is 2.12. The number of benzene rings is 2. The van der Waals surface area contributed by atoms with Gasteiger partial charge in [0.25, 0.3) is 0 Å². The molecule has 2 rings (SSSR count). The van der Waals surface area contributed by atoms with Crippen LogP contribution in [0.2, 0.25) is 0 Å². The van der Waals surface area contributed by atoms with Crippen molar-refractivity contribution in [3.8, 4) is 23.0 Å². The first kappa shape index (κ1) is 14.8. The van der Waals surface area contributed by atoms with Gasteiger partial charge in [-0.2, -0.15) is 0 Å². The van der Waals surface area contributed by atoms with Crippen molar-refractivity contribution in [3.05, 3.63) is 42.0 Å². The van der Waals surface area contributed by atoms with E-state index in [0.29, 0.717) is 18.0 Å². The maximum atomic E-state index is 9.94. The van der Waals surface area contributed by atoms with Crippen molar-refractivity contribution < 1.29 is 19.3 Å². The van der Waals surface area contributed by atoms with Gasteiger partial charge in [-0.3, -0.25) is 0 Å². The van der Waals surface area contributed by atoms with E-state index >= 15 is 0 Å².